The first-order valence-corrected chi connectivity index (χ1v) is 9.05. The van der Waals surface area contributed by atoms with Crippen LogP contribution in [0.25, 0.3) is 0 Å². The second-order valence-electron chi connectivity index (χ2n) is 7.98. The zero-order valence-corrected chi connectivity index (χ0v) is 14.7. The Morgan fingerprint density at radius 1 is 1.23 bits per heavy atom. The summed E-state index contributed by atoms with van der Waals surface area (Å²) in [6, 6.07) is 0. The van der Waals surface area contributed by atoms with E-state index in [9.17, 15) is 14.7 Å². The van der Waals surface area contributed by atoms with Crippen molar-refractivity contribution in [2.75, 3.05) is 19.8 Å². The molecule has 2 aliphatic carbocycles. The van der Waals surface area contributed by atoms with Gasteiger partial charge < -0.3 is 34.1 Å². The number of epoxide rings is 1. The Morgan fingerprint density at radius 2 is 1.96 bits per heavy atom. The Morgan fingerprint density at radius 3 is 2.58 bits per heavy atom. The van der Waals surface area contributed by atoms with E-state index in [4.69, 9.17) is 23.7 Å². The standard InChI is InChI=1S/C17H23NO8/c1-8(20)18-15-6-17(22-3-4-23-17)11-5-10(15)12(25-11)16(7-19)14(26-16)13(15)24-9(2)21/h10-14,19H,3-7H2,1-2H3,(H,18,20)/t10-,11-,12+,13+,14+,15+,16-/m0/s1. The van der Waals surface area contributed by atoms with Gasteiger partial charge in [-0.1, -0.05) is 0 Å². The van der Waals surface area contributed by atoms with E-state index in [2.05, 4.69) is 5.32 Å². The Hall–Kier alpha value is -1.26. The molecule has 2 saturated carbocycles. The lowest BCUT2D eigenvalue weighted by Crippen LogP contribution is -2.73. The van der Waals surface area contributed by atoms with E-state index in [1.54, 1.807) is 0 Å². The van der Waals surface area contributed by atoms with Gasteiger partial charge in [0.15, 0.2) is 11.9 Å². The first kappa shape index (κ1) is 16.9. The summed E-state index contributed by atoms with van der Waals surface area (Å²) in [6.45, 7) is 3.39. The SMILES string of the molecule is CC(=O)N[C@]12CC3(OCCO3)[C@@H]3C[C@H]1[C@@H](O3)[C@]1(CO)O[C@@H]1[C@H]2OC(C)=O. The third-order valence-electron chi connectivity index (χ3n) is 6.60. The predicted octanol–water partition coefficient (Wildman–Crippen LogP) is -1.14. The molecule has 9 heteroatoms. The summed E-state index contributed by atoms with van der Waals surface area (Å²) in [7, 11) is 0. The monoisotopic (exact) mass is 369 g/mol. The first-order chi connectivity index (χ1) is 12.4. The molecular weight excluding hydrogens is 346 g/mol. The van der Waals surface area contributed by atoms with Crippen molar-refractivity contribution < 1.29 is 38.4 Å². The number of hydrogen-bond donors (Lipinski definition) is 2. The number of rotatable bonds is 3. The van der Waals surface area contributed by atoms with Crippen LogP contribution in [-0.4, -0.2) is 78.1 Å². The molecule has 5 aliphatic rings. The zero-order valence-electron chi connectivity index (χ0n) is 14.7. The van der Waals surface area contributed by atoms with Crippen LogP contribution in [0.4, 0.5) is 0 Å². The van der Waals surface area contributed by atoms with Gasteiger partial charge in [0.05, 0.1) is 31.5 Å². The van der Waals surface area contributed by atoms with Crippen LogP contribution in [0.15, 0.2) is 0 Å². The van der Waals surface area contributed by atoms with E-state index in [-0.39, 0.29) is 24.5 Å². The molecule has 9 nitrogen and oxygen atoms in total. The Bertz CT molecular complexity index is 663. The van der Waals surface area contributed by atoms with Crippen LogP contribution in [0.1, 0.15) is 26.7 Å². The summed E-state index contributed by atoms with van der Waals surface area (Å²) in [5, 5.41) is 13.1. The van der Waals surface area contributed by atoms with Crippen molar-refractivity contribution in [3.63, 3.8) is 0 Å². The zero-order chi connectivity index (χ0) is 18.3. The molecule has 5 fully saturated rings. The molecular formula is C17H23NO8. The summed E-state index contributed by atoms with van der Waals surface area (Å²) in [4.78, 5) is 24.0. The van der Waals surface area contributed by atoms with Gasteiger partial charge in [-0.2, -0.15) is 0 Å². The number of esters is 1. The maximum absolute atomic E-state index is 12.1. The largest absolute Gasteiger partial charge is 0.457 e. The molecule has 0 aromatic carbocycles. The number of fused-ring (bicyclic) bond motifs is 4. The number of carbonyl (C=O) groups excluding carboxylic acids is 2. The molecule has 5 rings (SSSR count). The molecule has 3 saturated heterocycles. The second-order valence-corrected chi connectivity index (χ2v) is 7.98. The van der Waals surface area contributed by atoms with E-state index >= 15 is 0 Å². The summed E-state index contributed by atoms with van der Waals surface area (Å²) in [6.07, 6.45) is -1.14. The van der Waals surface area contributed by atoms with Crippen LogP contribution < -0.4 is 5.32 Å². The number of carbonyl (C=O) groups is 2. The van der Waals surface area contributed by atoms with Gasteiger partial charge >= 0.3 is 5.97 Å². The van der Waals surface area contributed by atoms with Gasteiger partial charge in [0, 0.05) is 26.2 Å². The minimum Gasteiger partial charge on any atom is -0.457 e. The fourth-order valence-electron chi connectivity index (χ4n) is 5.74. The maximum atomic E-state index is 12.1. The minimum atomic E-state index is -0.987. The Kier molecular flexibility index (Phi) is 3.36. The average molecular weight is 369 g/mol. The number of ether oxygens (including phenoxy) is 5. The number of aliphatic hydroxyl groups is 1. The van der Waals surface area contributed by atoms with Gasteiger partial charge in [0.2, 0.25) is 5.91 Å². The molecule has 2 bridgehead atoms. The molecule has 0 aromatic rings. The van der Waals surface area contributed by atoms with Crippen LogP contribution in [0, 0.1) is 5.92 Å². The van der Waals surface area contributed by atoms with Crippen LogP contribution in [0.3, 0.4) is 0 Å². The van der Waals surface area contributed by atoms with Crippen molar-refractivity contribution in [1.29, 1.82) is 0 Å². The molecule has 144 valence electrons. The van der Waals surface area contributed by atoms with Gasteiger partial charge in [0.1, 0.15) is 17.8 Å². The summed E-state index contributed by atoms with van der Waals surface area (Å²) < 4.78 is 29.7. The van der Waals surface area contributed by atoms with E-state index < -0.39 is 41.2 Å². The highest BCUT2D eigenvalue weighted by Gasteiger charge is 2.83. The van der Waals surface area contributed by atoms with Gasteiger partial charge in [-0.3, -0.25) is 9.59 Å². The molecule has 0 aromatic heterocycles. The second kappa shape index (κ2) is 5.17. The van der Waals surface area contributed by atoms with Crippen molar-refractivity contribution in [1.82, 2.24) is 5.32 Å². The third-order valence-corrected chi connectivity index (χ3v) is 6.60. The van der Waals surface area contributed by atoms with E-state index in [0.29, 0.717) is 26.1 Å². The molecule has 7 atom stereocenters. The molecule has 1 amide bonds. The fraction of sp³-hybridized carbons (Fsp3) is 0.882. The third kappa shape index (κ3) is 1.92. The lowest BCUT2D eigenvalue weighted by atomic mass is 9.59. The summed E-state index contributed by atoms with van der Waals surface area (Å²) in [5.41, 5.74) is -1.84. The normalized spacial score (nSPS) is 49.6. The van der Waals surface area contributed by atoms with E-state index in [1.165, 1.54) is 13.8 Å². The maximum Gasteiger partial charge on any atom is 0.303 e. The summed E-state index contributed by atoms with van der Waals surface area (Å²) in [5.74, 6) is -1.87. The molecule has 26 heavy (non-hydrogen) atoms. The van der Waals surface area contributed by atoms with Gasteiger partial charge in [-0.25, -0.2) is 0 Å². The lowest BCUT2D eigenvalue weighted by molar-refractivity contribution is -0.248. The van der Waals surface area contributed by atoms with Gasteiger partial charge in [-0.15, -0.1) is 0 Å². The van der Waals surface area contributed by atoms with E-state index in [0.717, 1.165) is 0 Å². The lowest BCUT2D eigenvalue weighted by Gasteiger charge is -2.53. The highest BCUT2D eigenvalue weighted by atomic mass is 16.8. The molecule has 2 N–H and O–H groups in total. The molecule has 1 spiro atoms. The van der Waals surface area contributed by atoms with Crippen LogP contribution in [-0.2, 0) is 33.3 Å². The number of aliphatic hydroxyl groups excluding tert-OH is 1. The molecule has 0 unspecified atom stereocenters. The van der Waals surface area contributed by atoms with Crippen molar-refractivity contribution >= 4 is 11.9 Å². The molecule has 0 radical (unpaired) electrons. The Balaban J connectivity index is 1.64. The van der Waals surface area contributed by atoms with Gasteiger partial charge in [-0.05, 0) is 6.42 Å². The Labute approximate surface area is 150 Å². The topological polar surface area (TPSA) is 116 Å². The van der Waals surface area contributed by atoms with E-state index in [1.807, 2.05) is 0 Å². The number of hydrogen-bond acceptors (Lipinski definition) is 8. The number of amides is 1. The first-order valence-electron chi connectivity index (χ1n) is 9.05. The highest BCUT2D eigenvalue weighted by molar-refractivity contribution is 5.74. The highest BCUT2D eigenvalue weighted by Crippen LogP contribution is 2.65. The molecule has 3 aliphatic heterocycles. The van der Waals surface area contributed by atoms with Crippen LogP contribution >= 0.6 is 0 Å². The predicted molar refractivity (Wildman–Crippen MR) is 82.8 cm³/mol. The van der Waals surface area contributed by atoms with Crippen LogP contribution in [0.5, 0.6) is 0 Å². The smallest absolute Gasteiger partial charge is 0.303 e. The number of nitrogens with one attached hydrogen (secondary N) is 1. The molecule has 3 heterocycles. The average Bonchev–Trinajstić information content (AvgIpc) is 2.91. The van der Waals surface area contributed by atoms with Crippen molar-refractivity contribution in [2.45, 2.75) is 68.0 Å². The van der Waals surface area contributed by atoms with Crippen molar-refractivity contribution in [3.8, 4) is 0 Å². The van der Waals surface area contributed by atoms with Crippen molar-refractivity contribution in [3.05, 3.63) is 0 Å². The van der Waals surface area contributed by atoms with Crippen molar-refractivity contribution in [2.24, 2.45) is 5.92 Å². The summed E-state index contributed by atoms with van der Waals surface area (Å²) >= 11 is 0. The quantitative estimate of drug-likeness (QED) is 0.474. The fourth-order valence-corrected chi connectivity index (χ4v) is 5.74. The minimum absolute atomic E-state index is 0.176. The van der Waals surface area contributed by atoms with Crippen LogP contribution in [0.2, 0.25) is 0 Å². The van der Waals surface area contributed by atoms with Gasteiger partial charge in [0.25, 0.3) is 0 Å².